The van der Waals surface area contributed by atoms with Gasteiger partial charge in [-0.05, 0) is 33.4 Å². The second kappa shape index (κ2) is 9.92. The van der Waals surface area contributed by atoms with Crippen LogP contribution in [0.15, 0.2) is 72.9 Å². The number of rotatable bonds is 7. The Bertz CT molecular complexity index is 1510. The number of aromatic nitrogens is 2. The standard InChI is InChI=1S/C33H38N2O2/c1-32(2,3)21-36-19-23-12-11-13-24(20-37-22-33(4,5)6)30(23)29-18-34-31-27-16-8-7-14-25(27)26-15-9-10-17-28(26)35(29)31/h7-18H,19-22H2,1-6H3. The smallest absolute Gasteiger partial charge is 0.145 e. The average molecular weight is 495 g/mol. The Hall–Kier alpha value is -3.21. The van der Waals surface area contributed by atoms with E-state index in [0.717, 1.165) is 38.9 Å². The summed E-state index contributed by atoms with van der Waals surface area (Å²) in [6, 6.07) is 23.6. The van der Waals surface area contributed by atoms with Gasteiger partial charge in [0.15, 0.2) is 0 Å². The number of ether oxygens (including phenoxy) is 2. The molecule has 0 fully saturated rings. The molecule has 37 heavy (non-hydrogen) atoms. The van der Waals surface area contributed by atoms with Crippen molar-refractivity contribution in [1.29, 1.82) is 0 Å². The first kappa shape index (κ1) is 25.4. The third-order valence-electron chi connectivity index (χ3n) is 6.44. The third kappa shape index (κ3) is 5.41. The molecule has 0 atom stereocenters. The number of imidazole rings is 1. The van der Waals surface area contributed by atoms with Gasteiger partial charge in [0.05, 0.1) is 43.8 Å². The summed E-state index contributed by atoms with van der Waals surface area (Å²) in [5.41, 5.74) is 6.85. The lowest BCUT2D eigenvalue weighted by Crippen LogP contribution is -2.15. The highest BCUT2D eigenvalue weighted by atomic mass is 16.5. The van der Waals surface area contributed by atoms with Gasteiger partial charge in [0.1, 0.15) is 5.65 Å². The van der Waals surface area contributed by atoms with E-state index in [2.05, 4.69) is 113 Å². The third-order valence-corrected chi connectivity index (χ3v) is 6.44. The largest absolute Gasteiger partial charge is 0.376 e. The van der Waals surface area contributed by atoms with Crippen LogP contribution in [-0.2, 0) is 22.7 Å². The Morgan fingerprint density at radius 3 is 1.78 bits per heavy atom. The van der Waals surface area contributed by atoms with Crippen LogP contribution >= 0.6 is 0 Å². The first-order valence-corrected chi connectivity index (χ1v) is 13.2. The maximum absolute atomic E-state index is 6.24. The fourth-order valence-corrected chi connectivity index (χ4v) is 4.93. The van der Waals surface area contributed by atoms with Gasteiger partial charge >= 0.3 is 0 Å². The van der Waals surface area contributed by atoms with Crippen LogP contribution in [0.4, 0.5) is 0 Å². The molecule has 4 heteroatoms. The van der Waals surface area contributed by atoms with E-state index in [-0.39, 0.29) is 10.8 Å². The van der Waals surface area contributed by atoms with Crippen molar-refractivity contribution in [2.24, 2.45) is 10.8 Å². The van der Waals surface area contributed by atoms with Crippen molar-refractivity contribution in [2.75, 3.05) is 13.2 Å². The van der Waals surface area contributed by atoms with Crippen molar-refractivity contribution < 1.29 is 9.47 Å². The molecule has 0 aliphatic heterocycles. The van der Waals surface area contributed by atoms with Crippen LogP contribution in [0.2, 0.25) is 0 Å². The highest BCUT2D eigenvalue weighted by molar-refractivity contribution is 6.12. The molecule has 0 spiro atoms. The monoisotopic (exact) mass is 494 g/mol. The molecular formula is C33H38N2O2. The number of para-hydroxylation sites is 1. The molecule has 5 rings (SSSR count). The zero-order valence-electron chi connectivity index (χ0n) is 23.0. The SMILES string of the molecule is CC(C)(C)COCc1cccc(COCC(C)(C)C)c1-c1cnc2c3ccccc3c3ccccc3n12. The number of fused-ring (bicyclic) bond motifs is 6. The molecule has 0 unspecified atom stereocenters. The van der Waals surface area contributed by atoms with Crippen LogP contribution in [0.1, 0.15) is 52.7 Å². The minimum atomic E-state index is 0.103. The van der Waals surface area contributed by atoms with Crippen molar-refractivity contribution >= 4 is 27.3 Å². The molecule has 2 heterocycles. The van der Waals surface area contributed by atoms with Crippen LogP contribution < -0.4 is 0 Å². The molecule has 192 valence electrons. The summed E-state index contributed by atoms with van der Waals surface area (Å²) in [6.07, 6.45) is 2.02. The fraction of sp³-hybridized carbons (Fsp3) is 0.364. The molecule has 0 aliphatic carbocycles. The molecule has 4 nitrogen and oxygen atoms in total. The molecule has 0 N–H and O–H groups in total. The highest BCUT2D eigenvalue weighted by Crippen LogP contribution is 2.36. The summed E-state index contributed by atoms with van der Waals surface area (Å²) in [5.74, 6) is 0. The van der Waals surface area contributed by atoms with Crippen LogP contribution in [-0.4, -0.2) is 22.6 Å². The van der Waals surface area contributed by atoms with Gasteiger partial charge in [-0.2, -0.15) is 0 Å². The number of benzene rings is 3. The molecular weight excluding hydrogens is 456 g/mol. The van der Waals surface area contributed by atoms with Gasteiger partial charge in [0, 0.05) is 16.3 Å². The van der Waals surface area contributed by atoms with Crippen molar-refractivity contribution in [1.82, 2.24) is 9.38 Å². The Morgan fingerprint density at radius 1 is 0.649 bits per heavy atom. The molecule has 0 bridgehead atoms. The molecule has 0 radical (unpaired) electrons. The maximum atomic E-state index is 6.24. The van der Waals surface area contributed by atoms with E-state index in [4.69, 9.17) is 14.5 Å². The normalized spacial score (nSPS) is 12.7. The lowest BCUT2D eigenvalue weighted by Gasteiger charge is -2.21. The highest BCUT2D eigenvalue weighted by Gasteiger charge is 2.20. The van der Waals surface area contributed by atoms with Crippen molar-refractivity contribution in [2.45, 2.75) is 54.8 Å². The zero-order valence-corrected chi connectivity index (χ0v) is 23.0. The molecule has 0 amide bonds. The molecule has 0 aliphatic rings. The topological polar surface area (TPSA) is 35.8 Å². The molecule has 5 aromatic rings. The van der Waals surface area contributed by atoms with Gasteiger partial charge < -0.3 is 9.47 Å². The Kier molecular flexibility index (Phi) is 6.82. The zero-order chi connectivity index (χ0) is 26.2. The predicted octanol–water partition coefficient (Wildman–Crippen LogP) is 8.43. The summed E-state index contributed by atoms with van der Waals surface area (Å²) < 4.78 is 14.8. The maximum Gasteiger partial charge on any atom is 0.145 e. The van der Waals surface area contributed by atoms with E-state index < -0.39 is 0 Å². The molecule has 0 saturated carbocycles. The van der Waals surface area contributed by atoms with Gasteiger partial charge in [-0.25, -0.2) is 4.98 Å². The number of nitrogens with zero attached hydrogens (tertiary/aromatic N) is 2. The van der Waals surface area contributed by atoms with E-state index >= 15 is 0 Å². The van der Waals surface area contributed by atoms with Crippen LogP contribution in [0, 0.1) is 10.8 Å². The van der Waals surface area contributed by atoms with E-state index in [1.54, 1.807) is 0 Å². The minimum absolute atomic E-state index is 0.103. The second-order valence-electron chi connectivity index (χ2n) is 12.4. The molecule has 3 aromatic carbocycles. The van der Waals surface area contributed by atoms with Crippen molar-refractivity contribution in [3.8, 4) is 11.3 Å². The quantitative estimate of drug-likeness (QED) is 0.213. The Balaban J connectivity index is 1.71. The molecule has 2 aromatic heterocycles. The lowest BCUT2D eigenvalue weighted by molar-refractivity contribution is 0.0575. The lowest BCUT2D eigenvalue weighted by atomic mass is 9.97. The first-order valence-electron chi connectivity index (χ1n) is 13.2. The summed E-state index contributed by atoms with van der Waals surface area (Å²) >= 11 is 0. The summed E-state index contributed by atoms with van der Waals surface area (Å²) in [6.45, 7) is 15.7. The summed E-state index contributed by atoms with van der Waals surface area (Å²) in [5, 5.41) is 3.59. The van der Waals surface area contributed by atoms with Crippen LogP contribution in [0.25, 0.3) is 38.6 Å². The average Bonchev–Trinajstić information content (AvgIpc) is 3.28. The Labute approximate surface area is 220 Å². The first-order chi connectivity index (χ1) is 17.6. The minimum Gasteiger partial charge on any atom is -0.376 e. The number of hydrogen-bond acceptors (Lipinski definition) is 3. The van der Waals surface area contributed by atoms with Gasteiger partial charge in [-0.3, -0.25) is 4.40 Å². The van der Waals surface area contributed by atoms with Crippen LogP contribution in [0.5, 0.6) is 0 Å². The number of hydrogen-bond donors (Lipinski definition) is 0. The van der Waals surface area contributed by atoms with E-state index in [0.29, 0.717) is 26.4 Å². The molecule has 0 saturated heterocycles. The summed E-state index contributed by atoms with van der Waals surface area (Å²) in [4.78, 5) is 4.98. The number of pyridine rings is 1. The van der Waals surface area contributed by atoms with Gasteiger partial charge in [0.2, 0.25) is 0 Å². The fourth-order valence-electron chi connectivity index (χ4n) is 4.93. The van der Waals surface area contributed by atoms with E-state index in [1.807, 2.05) is 6.20 Å². The summed E-state index contributed by atoms with van der Waals surface area (Å²) in [7, 11) is 0. The van der Waals surface area contributed by atoms with Gasteiger partial charge in [-0.15, -0.1) is 0 Å². The predicted molar refractivity (Wildman–Crippen MR) is 154 cm³/mol. The van der Waals surface area contributed by atoms with Crippen molar-refractivity contribution in [3.63, 3.8) is 0 Å². The van der Waals surface area contributed by atoms with Crippen LogP contribution in [0.3, 0.4) is 0 Å². The second-order valence-corrected chi connectivity index (χ2v) is 12.4. The van der Waals surface area contributed by atoms with Gasteiger partial charge in [-0.1, -0.05) is 102 Å². The van der Waals surface area contributed by atoms with E-state index in [9.17, 15) is 0 Å². The van der Waals surface area contributed by atoms with Gasteiger partial charge in [0.25, 0.3) is 0 Å². The Morgan fingerprint density at radius 2 is 1.19 bits per heavy atom. The van der Waals surface area contributed by atoms with Crippen molar-refractivity contribution in [3.05, 3.63) is 84.1 Å². The van der Waals surface area contributed by atoms with E-state index in [1.165, 1.54) is 10.8 Å².